The Labute approximate surface area is 189 Å². The van der Waals surface area contributed by atoms with E-state index in [2.05, 4.69) is 41.3 Å². The predicted octanol–water partition coefficient (Wildman–Crippen LogP) is 2.32. The zero-order chi connectivity index (χ0) is 23.0. The first kappa shape index (κ1) is 21.8. The number of hydrogen-bond donors (Lipinski definition) is 5. The average Bonchev–Trinajstić information content (AvgIpc) is 3.46. The SMILES string of the molecule is CNC(=O)Cc1cc(CNc2nccc(Nc3cc(CCc4cccc(O)c4)[nH]n3)n2)on1. The summed E-state index contributed by atoms with van der Waals surface area (Å²) in [6.07, 6.45) is 3.33. The van der Waals surface area contributed by atoms with Crippen LogP contribution in [-0.2, 0) is 30.6 Å². The van der Waals surface area contributed by atoms with Crippen LogP contribution in [0.5, 0.6) is 5.75 Å². The number of phenolic OH excluding ortho intramolecular Hbond substituents is 1. The Balaban J connectivity index is 1.30. The fourth-order valence-corrected chi connectivity index (χ4v) is 3.13. The van der Waals surface area contributed by atoms with Gasteiger partial charge in [-0.25, -0.2) is 4.98 Å². The second kappa shape index (κ2) is 10.3. The molecule has 0 aliphatic carbocycles. The maximum atomic E-state index is 11.4. The van der Waals surface area contributed by atoms with Gasteiger partial charge in [-0.3, -0.25) is 9.89 Å². The van der Waals surface area contributed by atoms with E-state index in [0.29, 0.717) is 35.6 Å². The predicted molar refractivity (Wildman–Crippen MR) is 121 cm³/mol. The standard InChI is InChI=1S/C22H24N8O3/c1-23-21(32)12-16-10-18(33-30-16)13-25-22-24-8-7-19(27-22)26-20-11-15(28-29-20)6-5-14-3-2-4-17(31)9-14/h2-4,7-11,31H,5-6,12-13H2,1H3,(H,23,32)(H3,24,25,26,27,28,29). The molecule has 1 aromatic carbocycles. The number of benzene rings is 1. The fourth-order valence-electron chi connectivity index (χ4n) is 3.13. The molecule has 170 valence electrons. The first-order valence-corrected chi connectivity index (χ1v) is 10.4. The van der Waals surface area contributed by atoms with Crippen LogP contribution in [0.4, 0.5) is 17.6 Å². The first-order chi connectivity index (χ1) is 16.1. The minimum Gasteiger partial charge on any atom is -0.508 e. The number of hydrogen-bond acceptors (Lipinski definition) is 9. The molecular weight excluding hydrogens is 424 g/mol. The number of rotatable bonds is 10. The molecule has 1 amide bonds. The van der Waals surface area contributed by atoms with Crippen molar-refractivity contribution in [3.63, 3.8) is 0 Å². The summed E-state index contributed by atoms with van der Waals surface area (Å²) in [7, 11) is 1.57. The van der Waals surface area contributed by atoms with Gasteiger partial charge in [0.25, 0.3) is 0 Å². The molecule has 33 heavy (non-hydrogen) atoms. The van der Waals surface area contributed by atoms with Crippen LogP contribution in [0.15, 0.2) is 53.2 Å². The van der Waals surface area contributed by atoms with Gasteiger partial charge in [-0.1, -0.05) is 17.3 Å². The van der Waals surface area contributed by atoms with Crippen LogP contribution < -0.4 is 16.0 Å². The lowest BCUT2D eigenvalue weighted by atomic mass is 10.1. The molecule has 0 bridgehead atoms. The highest BCUT2D eigenvalue weighted by molar-refractivity contribution is 5.77. The molecule has 0 fully saturated rings. The topological polar surface area (TPSA) is 154 Å². The summed E-state index contributed by atoms with van der Waals surface area (Å²) in [5.74, 6) is 2.32. The van der Waals surface area contributed by atoms with Crippen molar-refractivity contribution in [2.75, 3.05) is 17.7 Å². The minimum atomic E-state index is -0.134. The molecule has 4 rings (SSSR count). The molecule has 0 unspecified atom stereocenters. The lowest BCUT2D eigenvalue weighted by Crippen LogP contribution is -2.19. The number of carbonyl (C=O) groups is 1. The van der Waals surface area contributed by atoms with Gasteiger partial charge in [-0.2, -0.15) is 10.1 Å². The maximum absolute atomic E-state index is 11.4. The van der Waals surface area contributed by atoms with Crippen molar-refractivity contribution in [3.05, 3.63) is 71.4 Å². The molecule has 5 N–H and O–H groups in total. The molecule has 0 saturated carbocycles. The van der Waals surface area contributed by atoms with E-state index in [4.69, 9.17) is 4.52 Å². The number of likely N-dealkylation sites (N-methyl/N-ethyl adjacent to an activating group) is 1. The third kappa shape index (κ3) is 6.29. The van der Waals surface area contributed by atoms with Crippen molar-refractivity contribution in [2.45, 2.75) is 25.8 Å². The number of aromatic amines is 1. The van der Waals surface area contributed by atoms with Crippen LogP contribution in [-0.4, -0.2) is 43.4 Å². The van der Waals surface area contributed by atoms with E-state index in [1.165, 1.54) is 0 Å². The highest BCUT2D eigenvalue weighted by Gasteiger charge is 2.09. The van der Waals surface area contributed by atoms with E-state index < -0.39 is 0 Å². The Morgan fingerprint density at radius 2 is 2.06 bits per heavy atom. The Kier molecular flexibility index (Phi) is 6.78. The van der Waals surface area contributed by atoms with Crippen molar-refractivity contribution in [1.82, 2.24) is 30.6 Å². The minimum absolute atomic E-state index is 0.134. The van der Waals surface area contributed by atoms with Crippen molar-refractivity contribution in [3.8, 4) is 5.75 Å². The van der Waals surface area contributed by atoms with Crippen LogP contribution in [0.2, 0.25) is 0 Å². The normalized spacial score (nSPS) is 10.7. The third-order valence-electron chi connectivity index (χ3n) is 4.79. The van der Waals surface area contributed by atoms with Crippen molar-refractivity contribution >= 4 is 23.5 Å². The fraction of sp³-hybridized carbons (Fsp3) is 0.227. The van der Waals surface area contributed by atoms with E-state index in [1.54, 1.807) is 37.5 Å². The zero-order valence-electron chi connectivity index (χ0n) is 18.0. The van der Waals surface area contributed by atoms with Crippen LogP contribution >= 0.6 is 0 Å². The van der Waals surface area contributed by atoms with Crippen molar-refractivity contribution < 1.29 is 14.4 Å². The quantitative estimate of drug-likeness (QED) is 0.246. The number of anilines is 3. The summed E-state index contributed by atoms with van der Waals surface area (Å²) >= 11 is 0. The third-order valence-corrected chi connectivity index (χ3v) is 4.79. The molecule has 4 aromatic rings. The molecule has 3 heterocycles. The Bertz CT molecular complexity index is 1220. The monoisotopic (exact) mass is 448 g/mol. The summed E-state index contributed by atoms with van der Waals surface area (Å²) in [4.78, 5) is 20.0. The van der Waals surface area contributed by atoms with E-state index in [-0.39, 0.29) is 18.1 Å². The van der Waals surface area contributed by atoms with Gasteiger partial charge in [0.1, 0.15) is 11.6 Å². The van der Waals surface area contributed by atoms with Gasteiger partial charge in [0.15, 0.2) is 11.6 Å². The Morgan fingerprint density at radius 1 is 1.15 bits per heavy atom. The number of aromatic nitrogens is 5. The highest BCUT2D eigenvalue weighted by atomic mass is 16.5. The number of aromatic hydroxyl groups is 1. The Morgan fingerprint density at radius 3 is 2.91 bits per heavy atom. The lowest BCUT2D eigenvalue weighted by molar-refractivity contribution is -0.120. The number of H-pyrrole nitrogens is 1. The van der Waals surface area contributed by atoms with Crippen LogP contribution in [0.3, 0.4) is 0 Å². The molecule has 11 nitrogen and oxygen atoms in total. The first-order valence-electron chi connectivity index (χ1n) is 10.4. The van der Waals surface area contributed by atoms with Crippen LogP contribution in [0.25, 0.3) is 0 Å². The number of amides is 1. The molecule has 0 radical (unpaired) electrons. The second-order valence-corrected chi connectivity index (χ2v) is 7.33. The molecule has 0 atom stereocenters. The van der Waals surface area contributed by atoms with Crippen molar-refractivity contribution in [2.24, 2.45) is 0 Å². The second-order valence-electron chi connectivity index (χ2n) is 7.33. The number of phenols is 1. The van der Waals surface area contributed by atoms with Gasteiger partial charge in [-0.05, 0) is 36.6 Å². The summed E-state index contributed by atoms with van der Waals surface area (Å²) in [5, 5.41) is 29.5. The molecule has 0 spiro atoms. The van der Waals surface area contributed by atoms with Gasteiger partial charge in [0.2, 0.25) is 11.9 Å². The van der Waals surface area contributed by atoms with Crippen LogP contribution in [0.1, 0.15) is 22.7 Å². The maximum Gasteiger partial charge on any atom is 0.225 e. The number of carbonyl (C=O) groups excluding carboxylic acids is 1. The van der Waals surface area contributed by atoms with Crippen molar-refractivity contribution in [1.29, 1.82) is 0 Å². The average molecular weight is 448 g/mol. The Hall–Kier alpha value is -4.41. The molecule has 3 aromatic heterocycles. The summed E-state index contributed by atoms with van der Waals surface area (Å²) in [6, 6.07) is 12.6. The van der Waals surface area contributed by atoms with Gasteiger partial charge < -0.3 is 25.6 Å². The number of aryl methyl sites for hydroxylation is 2. The van der Waals surface area contributed by atoms with Gasteiger partial charge in [-0.15, -0.1) is 0 Å². The van der Waals surface area contributed by atoms with E-state index in [0.717, 1.165) is 24.1 Å². The molecule has 0 aliphatic rings. The van der Waals surface area contributed by atoms with E-state index in [1.807, 2.05) is 18.2 Å². The van der Waals surface area contributed by atoms with E-state index >= 15 is 0 Å². The van der Waals surface area contributed by atoms with E-state index in [9.17, 15) is 9.90 Å². The summed E-state index contributed by atoms with van der Waals surface area (Å²) in [6.45, 7) is 0.325. The molecule has 0 saturated heterocycles. The smallest absolute Gasteiger partial charge is 0.225 e. The number of nitrogens with zero attached hydrogens (tertiary/aromatic N) is 4. The van der Waals surface area contributed by atoms with Gasteiger partial charge in [0, 0.05) is 31.1 Å². The zero-order valence-corrected chi connectivity index (χ0v) is 18.0. The lowest BCUT2D eigenvalue weighted by Gasteiger charge is -2.05. The van der Waals surface area contributed by atoms with Crippen LogP contribution in [0, 0.1) is 0 Å². The summed E-state index contributed by atoms with van der Waals surface area (Å²) in [5.41, 5.74) is 2.57. The van der Waals surface area contributed by atoms with Gasteiger partial charge in [0.05, 0.1) is 18.7 Å². The largest absolute Gasteiger partial charge is 0.508 e. The molecule has 0 aliphatic heterocycles. The highest BCUT2D eigenvalue weighted by Crippen LogP contribution is 2.17. The number of nitrogens with one attached hydrogen (secondary N) is 4. The molecular formula is C22H24N8O3. The van der Waals surface area contributed by atoms with Gasteiger partial charge >= 0.3 is 0 Å². The summed E-state index contributed by atoms with van der Waals surface area (Å²) < 4.78 is 5.23. The molecule has 11 heteroatoms.